The molecule has 2 N–H and O–H groups in total. The second-order valence-corrected chi connectivity index (χ2v) is 1.73. The fraction of sp³-hybridized carbons (Fsp3) is 0.200. The molecule has 3 heteroatoms. The van der Waals surface area contributed by atoms with Crippen LogP contribution in [-0.4, -0.2) is 11.8 Å². The highest BCUT2D eigenvalue weighted by atomic mass is 32.1. The maximum Gasteiger partial charge on any atom is 0.248 e. The van der Waals surface area contributed by atoms with Gasteiger partial charge in [0.15, 0.2) is 0 Å². The number of primary amides is 1. The summed E-state index contributed by atoms with van der Waals surface area (Å²) in [4.78, 5) is 10.4. The molecule has 13 heavy (non-hydrogen) atoms. The van der Waals surface area contributed by atoms with E-state index < -0.39 is 0 Å². The van der Waals surface area contributed by atoms with E-state index in [1.807, 2.05) is 19.9 Å². The summed E-state index contributed by atoms with van der Waals surface area (Å²) in [6, 6.07) is 8.76. The van der Waals surface area contributed by atoms with Crippen molar-refractivity contribution in [1.82, 2.24) is 0 Å². The van der Waals surface area contributed by atoms with Gasteiger partial charge in [-0.3, -0.25) is 4.79 Å². The maximum atomic E-state index is 10.4. The summed E-state index contributed by atoms with van der Waals surface area (Å²) in [5.74, 6) is 2.45. The molecule has 72 valence electrons. The van der Waals surface area contributed by atoms with Crippen LogP contribution in [0.1, 0.15) is 24.2 Å². The van der Waals surface area contributed by atoms with Crippen molar-refractivity contribution >= 4 is 24.0 Å². The normalized spacial score (nSPS) is 6.92. The lowest BCUT2D eigenvalue weighted by Gasteiger charge is -1.89. The van der Waals surface area contributed by atoms with Crippen LogP contribution >= 0.6 is 12.2 Å². The van der Waals surface area contributed by atoms with E-state index >= 15 is 0 Å². The quantitative estimate of drug-likeness (QED) is 0.703. The average Bonchev–Trinajstić information content (AvgIpc) is 2.25. The van der Waals surface area contributed by atoms with E-state index in [2.05, 4.69) is 18.1 Å². The fourth-order valence-corrected chi connectivity index (χ4v) is 0.602. The number of hydrogen-bond acceptors (Lipinski definition) is 2. The van der Waals surface area contributed by atoms with Crippen LogP contribution < -0.4 is 5.73 Å². The minimum absolute atomic E-state index is 0.379. The van der Waals surface area contributed by atoms with E-state index in [9.17, 15) is 4.79 Å². The van der Waals surface area contributed by atoms with E-state index in [4.69, 9.17) is 5.73 Å². The average molecular weight is 197 g/mol. The molecule has 0 heterocycles. The zero-order chi connectivity index (χ0) is 10.7. The Morgan fingerprint density at radius 1 is 1.23 bits per heavy atom. The van der Waals surface area contributed by atoms with Crippen molar-refractivity contribution in [3.05, 3.63) is 35.9 Å². The molecule has 0 radical (unpaired) electrons. The first-order chi connectivity index (χ1) is 6.30. The lowest BCUT2D eigenvalue weighted by atomic mass is 10.2. The van der Waals surface area contributed by atoms with Gasteiger partial charge in [0, 0.05) is 5.56 Å². The summed E-state index contributed by atoms with van der Waals surface area (Å²) in [5.41, 5.74) is 5.53. The molecule has 1 aromatic carbocycles. The van der Waals surface area contributed by atoms with Crippen LogP contribution in [0.4, 0.5) is 0 Å². The molecule has 0 saturated carbocycles. The van der Waals surface area contributed by atoms with Gasteiger partial charge in [0.1, 0.15) is 0 Å². The lowest BCUT2D eigenvalue weighted by Crippen LogP contribution is -2.09. The van der Waals surface area contributed by atoms with Crippen molar-refractivity contribution in [2.75, 3.05) is 0 Å². The molecular weight excluding hydrogens is 182 g/mol. The van der Waals surface area contributed by atoms with E-state index in [0.717, 1.165) is 0 Å². The van der Waals surface area contributed by atoms with Crippen molar-refractivity contribution in [1.29, 1.82) is 0 Å². The van der Waals surface area contributed by atoms with Crippen LogP contribution in [0.3, 0.4) is 0 Å². The van der Waals surface area contributed by atoms with Gasteiger partial charge in [0.2, 0.25) is 5.91 Å². The molecule has 0 aliphatic rings. The molecule has 1 rings (SSSR count). The minimum Gasteiger partial charge on any atom is -0.366 e. The maximum absolute atomic E-state index is 10.4. The largest absolute Gasteiger partial charge is 0.366 e. The number of benzene rings is 1. The number of carbonyl (C=O) groups excluding carboxylic acids is 1. The van der Waals surface area contributed by atoms with Crippen molar-refractivity contribution in [3.63, 3.8) is 0 Å². The Hall–Kier alpha value is -1.22. The molecule has 0 fully saturated rings. The van der Waals surface area contributed by atoms with E-state index in [1.54, 1.807) is 24.3 Å². The highest BCUT2D eigenvalue weighted by molar-refractivity contribution is 7.77. The molecule has 0 bridgehead atoms. The predicted octanol–water partition coefficient (Wildman–Crippen LogP) is 2.43. The van der Waals surface area contributed by atoms with Crippen LogP contribution in [0.25, 0.3) is 0 Å². The molecule has 0 atom stereocenters. The molecule has 2 nitrogen and oxygen atoms in total. The number of hydrogen-bond donors (Lipinski definition) is 1. The van der Waals surface area contributed by atoms with Gasteiger partial charge in [-0.25, -0.2) is 0 Å². The van der Waals surface area contributed by atoms with Gasteiger partial charge in [0.25, 0.3) is 0 Å². The van der Waals surface area contributed by atoms with Crippen LogP contribution in [-0.2, 0) is 0 Å². The van der Waals surface area contributed by atoms with Gasteiger partial charge in [-0.15, -0.1) is 0 Å². The minimum atomic E-state index is -0.379. The Morgan fingerprint density at radius 3 is 1.85 bits per heavy atom. The molecule has 0 aliphatic carbocycles. The summed E-state index contributed by atoms with van der Waals surface area (Å²) < 4.78 is 0. The fourth-order valence-electron chi connectivity index (χ4n) is 0.602. The zero-order valence-corrected chi connectivity index (χ0v) is 8.80. The number of nitrogens with two attached hydrogens (primary N) is 1. The second kappa shape index (κ2) is 10.8. The van der Waals surface area contributed by atoms with E-state index in [0.29, 0.717) is 5.56 Å². The van der Waals surface area contributed by atoms with Crippen LogP contribution in [0.15, 0.2) is 30.3 Å². The lowest BCUT2D eigenvalue weighted by molar-refractivity contribution is 0.100. The number of carbonyl (C=O) groups is 1. The first kappa shape index (κ1) is 14.3. The van der Waals surface area contributed by atoms with Gasteiger partial charge in [-0.1, -0.05) is 44.3 Å². The first-order valence-electron chi connectivity index (χ1n) is 3.94. The third kappa shape index (κ3) is 7.15. The monoisotopic (exact) mass is 197 g/mol. The molecule has 1 amide bonds. The number of thiocarbonyl (C=S) groups is 1. The Balaban J connectivity index is 0. The van der Waals surface area contributed by atoms with Gasteiger partial charge in [0.05, 0.1) is 0 Å². The molecule has 0 spiro atoms. The molecule has 0 saturated heterocycles. The second-order valence-electron chi connectivity index (χ2n) is 1.73. The Labute approximate surface area is 84.8 Å². The van der Waals surface area contributed by atoms with Crippen molar-refractivity contribution in [3.8, 4) is 0 Å². The summed E-state index contributed by atoms with van der Waals surface area (Å²) in [6.45, 7) is 4.00. The van der Waals surface area contributed by atoms with Crippen LogP contribution in [0, 0.1) is 0 Å². The molecule has 0 aliphatic heterocycles. The van der Waals surface area contributed by atoms with Gasteiger partial charge in [-0.05, 0) is 18.0 Å². The smallest absolute Gasteiger partial charge is 0.248 e. The number of amides is 1. The van der Waals surface area contributed by atoms with Gasteiger partial charge >= 0.3 is 0 Å². The van der Waals surface area contributed by atoms with Crippen molar-refractivity contribution in [2.45, 2.75) is 13.8 Å². The van der Waals surface area contributed by atoms with Crippen molar-refractivity contribution < 1.29 is 4.79 Å². The van der Waals surface area contributed by atoms with Crippen LogP contribution in [0.2, 0.25) is 0 Å². The Kier molecular flexibility index (Phi) is 11.9. The standard InChI is InChI=1S/C7H7NO.C2H6.CH2S/c8-7(9)6-4-2-1-3-5-6;2*1-2/h1-5H,(H2,8,9);1-2H3;1H2. The summed E-state index contributed by atoms with van der Waals surface area (Å²) in [6.07, 6.45) is 0. The highest BCUT2D eigenvalue weighted by Gasteiger charge is 1.93. The molecular formula is C10H15NOS. The van der Waals surface area contributed by atoms with E-state index in [1.165, 1.54) is 0 Å². The molecule has 1 aromatic rings. The topological polar surface area (TPSA) is 43.1 Å². The third-order valence-electron chi connectivity index (χ3n) is 1.06. The van der Waals surface area contributed by atoms with E-state index in [-0.39, 0.29) is 5.91 Å². The Bertz CT molecular complexity index is 224. The van der Waals surface area contributed by atoms with Gasteiger partial charge < -0.3 is 5.73 Å². The predicted molar refractivity (Wildman–Crippen MR) is 61.0 cm³/mol. The SMILES string of the molecule is C=S.CC.NC(=O)c1ccccc1. The summed E-state index contributed by atoms with van der Waals surface area (Å²) in [7, 11) is 0. The highest BCUT2D eigenvalue weighted by Crippen LogP contribution is 1.94. The summed E-state index contributed by atoms with van der Waals surface area (Å²) in [5, 5.41) is 0. The van der Waals surface area contributed by atoms with Crippen molar-refractivity contribution in [2.24, 2.45) is 5.73 Å². The van der Waals surface area contributed by atoms with Crippen LogP contribution in [0.5, 0.6) is 0 Å². The first-order valence-corrected chi connectivity index (χ1v) is 4.52. The zero-order valence-electron chi connectivity index (χ0n) is 7.99. The Morgan fingerprint density at radius 2 is 1.62 bits per heavy atom. The van der Waals surface area contributed by atoms with Gasteiger partial charge in [-0.2, -0.15) is 0 Å². The molecule has 0 aromatic heterocycles. The third-order valence-corrected chi connectivity index (χ3v) is 1.06. The molecule has 0 unspecified atom stereocenters. The summed E-state index contributed by atoms with van der Waals surface area (Å²) >= 11 is 3.83. The number of rotatable bonds is 1.